The molecule has 0 radical (unpaired) electrons. The maximum Gasteiger partial charge on any atom is 0.136 e. The van der Waals surface area contributed by atoms with Gasteiger partial charge in [-0.3, -0.25) is 0 Å². The van der Waals surface area contributed by atoms with E-state index in [0.29, 0.717) is 0 Å². The summed E-state index contributed by atoms with van der Waals surface area (Å²) in [4.78, 5) is 0. The quantitative estimate of drug-likeness (QED) is 0.178. The highest BCUT2D eigenvalue weighted by Gasteiger charge is 2.18. The molecule has 0 saturated heterocycles. The molecule has 0 saturated carbocycles. The van der Waals surface area contributed by atoms with E-state index in [9.17, 15) is 15.1 Å². The molecule has 9 aromatic carbocycles. The van der Waals surface area contributed by atoms with Gasteiger partial charge in [0.15, 0.2) is 0 Å². The fourth-order valence-corrected chi connectivity index (χ4v) is 5.61. The molecule has 0 amide bonds. The van der Waals surface area contributed by atoms with Crippen LogP contribution < -0.4 is 0 Å². The lowest BCUT2D eigenvalue weighted by Crippen LogP contribution is -1.91. The van der Waals surface area contributed by atoms with Crippen LogP contribution in [0.2, 0.25) is 0 Å². The van der Waals surface area contributed by atoms with E-state index in [4.69, 9.17) is 27.7 Å². The largest absolute Gasteiger partial charge is 0.456 e. The molecule has 0 spiro atoms. The third kappa shape index (κ3) is 4.10. The van der Waals surface area contributed by atoms with Crippen LogP contribution in [0.5, 0.6) is 0 Å². The summed E-state index contributed by atoms with van der Waals surface area (Å²) in [6, 6.07) is -25.6. The molecule has 47 heavy (non-hydrogen) atoms. The topological polar surface area (TPSA) is 13.1 Å². The van der Waals surface area contributed by atoms with Crippen LogP contribution in [0, 0.1) is 0 Å². The van der Waals surface area contributed by atoms with E-state index in [1.54, 1.807) is 0 Å². The van der Waals surface area contributed by atoms with Gasteiger partial charge in [-0.05, 0) is 113 Å². The van der Waals surface area contributed by atoms with Crippen molar-refractivity contribution in [1.29, 1.82) is 0 Å². The van der Waals surface area contributed by atoms with E-state index >= 15 is 0 Å². The normalized spacial score (nSPS) is 20.2. The summed E-state index contributed by atoms with van der Waals surface area (Å²) in [6.45, 7) is 0. The highest BCUT2D eigenvalue weighted by Crippen LogP contribution is 2.45. The first-order valence-corrected chi connectivity index (χ1v) is 13.9. The first kappa shape index (κ1) is 10.7. The Morgan fingerprint density at radius 1 is 0.298 bits per heavy atom. The van der Waals surface area contributed by atoms with Crippen molar-refractivity contribution in [3.05, 3.63) is 169 Å². The van der Waals surface area contributed by atoms with Crippen molar-refractivity contribution in [3.63, 3.8) is 0 Å². The second-order valence-electron chi connectivity index (χ2n) is 10.3. The van der Waals surface area contributed by atoms with Crippen molar-refractivity contribution in [1.82, 2.24) is 0 Å². The minimum Gasteiger partial charge on any atom is -0.456 e. The minimum atomic E-state index is -1.08. The fraction of sp³-hybridized carbons (Fsp3) is 0. The van der Waals surface area contributed by atoms with Crippen LogP contribution in [0.25, 0.3) is 98.4 Å². The number of fused-ring (bicyclic) bond motifs is 7. The Morgan fingerprint density at radius 2 is 0.787 bits per heavy atom. The first-order chi connectivity index (χ1) is 35.0. The predicted octanol–water partition coefficient (Wildman–Crippen LogP) is 13.2. The molecule has 10 aromatic rings. The van der Waals surface area contributed by atoms with E-state index < -0.39 is 268 Å². The average Bonchev–Trinajstić information content (AvgIpc) is 3.79. The molecule has 1 nitrogen and oxygen atoms in total. The monoisotopic (exact) mass is 624 g/mol. The number of furan rings is 1. The van der Waals surface area contributed by atoms with Gasteiger partial charge in [0.25, 0.3) is 0 Å². The fourth-order valence-electron chi connectivity index (χ4n) is 5.61. The summed E-state index contributed by atoms with van der Waals surface area (Å²) in [5, 5.41) is -6.18. The smallest absolute Gasteiger partial charge is 0.136 e. The van der Waals surface area contributed by atoms with Crippen LogP contribution in [-0.2, 0) is 0 Å². The highest BCUT2D eigenvalue weighted by atomic mass is 16.3. The lowest BCUT2D eigenvalue weighted by Gasteiger charge is -2.18. The number of rotatable bonds is 3. The van der Waals surface area contributed by atoms with Crippen LogP contribution in [0.1, 0.15) is 38.4 Å². The zero-order chi connectivity index (χ0) is 55.3. The van der Waals surface area contributed by atoms with Crippen molar-refractivity contribution in [2.45, 2.75) is 0 Å². The van der Waals surface area contributed by atoms with Crippen LogP contribution in [0.3, 0.4) is 0 Å². The zero-order valence-electron chi connectivity index (χ0n) is 51.4. The third-order valence-electron chi connectivity index (χ3n) is 7.64. The van der Waals surface area contributed by atoms with Gasteiger partial charge in [-0.1, -0.05) is 133 Å². The van der Waals surface area contributed by atoms with Gasteiger partial charge < -0.3 is 4.42 Å². The van der Waals surface area contributed by atoms with E-state index in [1.807, 2.05) is 0 Å². The first-order valence-electron chi connectivity index (χ1n) is 27.9. The summed E-state index contributed by atoms with van der Waals surface area (Å²) in [6.07, 6.45) is 0. The van der Waals surface area contributed by atoms with Crippen LogP contribution >= 0.6 is 0 Å². The van der Waals surface area contributed by atoms with Gasteiger partial charge in [-0.25, -0.2) is 0 Å². The lowest BCUT2D eigenvalue weighted by atomic mass is 9.85. The molecule has 0 atom stereocenters. The number of hydrogen-bond acceptors (Lipinski definition) is 1. The SMILES string of the molecule is [2H]c1c([2H])c(-c2c([2H])c([2H])c3c([2H])c([2H])c([2H])c([2H])c3c2[2H])c([2H])c(-c2c3c([2H])c([2H])c([2H])c([2H])c3c(-c3c([2H])c([2H])c4oc5c([2H])c6c([2H])c([2H])c([2H])c([2H])c6c([2H])c5c4c3[2H])c3c([2H])c([2H])c([2H])c([2H])c23)c1[2H]. The molecular weight excluding hydrogens is 569 g/mol. The van der Waals surface area contributed by atoms with Crippen molar-refractivity contribution < 1.29 is 42.8 Å². The van der Waals surface area contributed by atoms with E-state index in [0.717, 1.165) is 0 Å². The third-order valence-corrected chi connectivity index (χ3v) is 7.64. The van der Waals surface area contributed by atoms with Crippen LogP contribution in [-0.4, -0.2) is 0 Å². The van der Waals surface area contributed by atoms with E-state index in [-0.39, 0.29) is 0 Å². The molecular formula is C46H28O. The van der Waals surface area contributed by atoms with Gasteiger partial charge >= 0.3 is 0 Å². The Morgan fingerprint density at radius 3 is 1.47 bits per heavy atom. The summed E-state index contributed by atoms with van der Waals surface area (Å²) in [5.41, 5.74) is -6.04. The van der Waals surface area contributed by atoms with Gasteiger partial charge in [-0.15, -0.1) is 0 Å². The molecule has 1 heterocycles. The molecule has 1 heteroatoms. The predicted molar refractivity (Wildman–Crippen MR) is 200 cm³/mol. The summed E-state index contributed by atoms with van der Waals surface area (Å²) in [7, 11) is 0. The second kappa shape index (κ2) is 10.2. The second-order valence-corrected chi connectivity index (χ2v) is 10.3. The lowest BCUT2D eigenvalue weighted by molar-refractivity contribution is 0.669. The van der Waals surface area contributed by atoms with Crippen molar-refractivity contribution in [2.75, 3.05) is 0 Å². The number of hydrogen-bond donors (Lipinski definition) is 0. The average molecular weight is 625 g/mol. The molecule has 0 unspecified atom stereocenters. The maximum atomic E-state index is 9.83. The summed E-state index contributed by atoms with van der Waals surface area (Å²) < 4.78 is 258. The van der Waals surface area contributed by atoms with E-state index in [1.165, 1.54) is 0 Å². The molecule has 10 rings (SSSR count). The molecule has 1 aromatic heterocycles. The minimum absolute atomic E-state index is 0.451. The summed E-state index contributed by atoms with van der Waals surface area (Å²) in [5.74, 6) is 0. The van der Waals surface area contributed by atoms with E-state index in [2.05, 4.69) is 0 Å². The van der Waals surface area contributed by atoms with Crippen molar-refractivity contribution in [3.8, 4) is 33.4 Å². The molecule has 0 aliphatic rings. The Kier molecular flexibility index (Phi) is 2.31. The van der Waals surface area contributed by atoms with Gasteiger partial charge in [0, 0.05) is 10.8 Å². The Labute approximate surface area is 311 Å². The molecule has 218 valence electrons. The Balaban J connectivity index is 1.47. The Hall–Kier alpha value is -6.18. The highest BCUT2D eigenvalue weighted by molar-refractivity contribution is 6.22. The van der Waals surface area contributed by atoms with Crippen LogP contribution in [0.4, 0.5) is 0 Å². The van der Waals surface area contributed by atoms with Gasteiger partial charge in [-0.2, -0.15) is 0 Å². The van der Waals surface area contributed by atoms with Gasteiger partial charge in [0.05, 0.1) is 38.4 Å². The summed E-state index contributed by atoms with van der Waals surface area (Å²) >= 11 is 0. The molecule has 0 aliphatic heterocycles. The maximum absolute atomic E-state index is 9.83. The Bertz CT molecular complexity index is 4360. The molecule has 0 bridgehead atoms. The number of benzene rings is 9. The van der Waals surface area contributed by atoms with Crippen LogP contribution in [0.15, 0.2) is 174 Å². The molecule has 0 N–H and O–H groups in total. The molecule has 0 fully saturated rings. The van der Waals surface area contributed by atoms with Gasteiger partial charge in [0.2, 0.25) is 0 Å². The van der Waals surface area contributed by atoms with Gasteiger partial charge in [0.1, 0.15) is 11.2 Å². The van der Waals surface area contributed by atoms with Crippen molar-refractivity contribution >= 4 is 65.0 Å². The molecule has 0 aliphatic carbocycles. The standard InChI is InChI=1S/C46H28O/c1-2-11-30-24-34(21-20-29(30)10-1)31-14-9-15-35(25-31)45-37-16-5-7-18-39(37)46(40-19-8-6-17-38(40)45)36-22-23-43-41(27-36)42-26-32-12-3-4-13-33(32)28-44(42)47-43/h1-28H/i1D,2D,3D,4D,5D,6D,7D,8D,9D,10D,11D,12D,13D,14D,15D,16D,17D,18D,19D,20D,21D,22D,23D,24D,25D,26D,27D,28D. The zero-order valence-corrected chi connectivity index (χ0v) is 23.4. The van der Waals surface area contributed by atoms with Crippen molar-refractivity contribution in [2.24, 2.45) is 0 Å².